The Hall–Kier alpha value is -4.40. The molecule has 2 aromatic carbocycles. The van der Waals surface area contributed by atoms with E-state index in [0.29, 0.717) is 41.4 Å². The normalized spacial score (nSPS) is 16.1. The number of carboxylic acid groups (broad SMARTS) is 1. The predicted octanol–water partition coefficient (Wildman–Crippen LogP) is 4.09. The Labute approximate surface area is 221 Å². The third-order valence-electron chi connectivity index (χ3n) is 6.71. The van der Waals surface area contributed by atoms with E-state index >= 15 is 0 Å². The number of aromatic nitrogens is 1. The Morgan fingerprint density at radius 3 is 2.58 bits per heavy atom. The van der Waals surface area contributed by atoms with Crippen molar-refractivity contribution in [2.75, 3.05) is 24.3 Å². The van der Waals surface area contributed by atoms with E-state index < -0.39 is 18.1 Å². The van der Waals surface area contributed by atoms with Crippen molar-refractivity contribution in [2.24, 2.45) is 0 Å². The number of hydrogen-bond donors (Lipinski definition) is 2. The van der Waals surface area contributed by atoms with Gasteiger partial charge in [-0.2, -0.15) is 0 Å². The average molecular weight is 517 g/mol. The van der Waals surface area contributed by atoms with E-state index in [0.717, 1.165) is 18.4 Å². The summed E-state index contributed by atoms with van der Waals surface area (Å²) in [5.74, 6) is -0.783. The minimum atomic E-state index is -1.04. The number of unbranched alkanes of at least 4 members (excludes halogenated alkanes) is 1. The van der Waals surface area contributed by atoms with Gasteiger partial charge in [-0.05, 0) is 61.6 Å². The fourth-order valence-electron chi connectivity index (χ4n) is 4.76. The van der Waals surface area contributed by atoms with E-state index in [4.69, 9.17) is 10.5 Å². The van der Waals surface area contributed by atoms with Crippen molar-refractivity contribution in [1.82, 2.24) is 9.88 Å². The van der Waals surface area contributed by atoms with Crippen LogP contribution in [-0.2, 0) is 16.0 Å². The minimum Gasteiger partial charge on any atom is -0.490 e. The number of nitrogen functional groups attached to an aromatic ring is 1. The number of fused-ring (bicyclic) bond motifs is 1. The van der Waals surface area contributed by atoms with Crippen molar-refractivity contribution in [1.29, 1.82) is 0 Å². The van der Waals surface area contributed by atoms with Gasteiger partial charge in [0, 0.05) is 19.3 Å². The number of pyridine rings is 1. The molecular formula is C29H32N4O5. The quantitative estimate of drug-likeness (QED) is 0.389. The molecule has 0 saturated carbocycles. The van der Waals surface area contributed by atoms with Gasteiger partial charge in [0.1, 0.15) is 6.04 Å². The lowest BCUT2D eigenvalue weighted by Gasteiger charge is -2.34. The summed E-state index contributed by atoms with van der Waals surface area (Å²) in [6.45, 7) is 2.15. The molecule has 0 saturated heterocycles. The van der Waals surface area contributed by atoms with Crippen molar-refractivity contribution in [3.63, 3.8) is 0 Å². The summed E-state index contributed by atoms with van der Waals surface area (Å²) in [4.78, 5) is 46.1. The van der Waals surface area contributed by atoms with Crippen LogP contribution >= 0.6 is 0 Å². The molecule has 0 spiro atoms. The van der Waals surface area contributed by atoms with Crippen LogP contribution in [0.2, 0.25) is 0 Å². The maximum atomic E-state index is 14.0. The molecule has 2 amide bonds. The van der Waals surface area contributed by atoms with Gasteiger partial charge in [-0.3, -0.25) is 14.4 Å². The zero-order valence-corrected chi connectivity index (χ0v) is 21.5. The summed E-state index contributed by atoms with van der Waals surface area (Å²) in [6, 6.07) is 16.4. The number of aliphatic carboxylic acids is 1. The highest BCUT2D eigenvalue weighted by atomic mass is 16.5. The molecule has 1 aliphatic rings. The SMILES string of the molecule is CC(CC(=O)O)N1C(=O)c2cc(CCCCOc3cccnc3N)ccc2N(C)C(=O)C1c1ccccc1. The molecule has 198 valence electrons. The zero-order chi connectivity index (χ0) is 27.2. The highest BCUT2D eigenvalue weighted by Crippen LogP contribution is 2.36. The topological polar surface area (TPSA) is 126 Å². The van der Waals surface area contributed by atoms with Crippen LogP contribution in [0.25, 0.3) is 0 Å². The number of aryl methyl sites for hydroxylation is 1. The maximum absolute atomic E-state index is 14.0. The Morgan fingerprint density at radius 2 is 1.87 bits per heavy atom. The highest BCUT2D eigenvalue weighted by Gasteiger charge is 2.41. The smallest absolute Gasteiger partial charge is 0.305 e. The molecule has 0 aliphatic carbocycles. The van der Waals surface area contributed by atoms with Crippen molar-refractivity contribution in [3.05, 3.63) is 83.6 Å². The van der Waals surface area contributed by atoms with Gasteiger partial charge >= 0.3 is 5.97 Å². The van der Waals surface area contributed by atoms with E-state index in [1.165, 1.54) is 9.80 Å². The summed E-state index contributed by atoms with van der Waals surface area (Å²) in [7, 11) is 1.65. The molecule has 9 heteroatoms. The fourth-order valence-corrected chi connectivity index (χ4v) is 4.76. The first-order chi connectivity index (χ1) is 18.3. The number of carbonyl (C=O) groups is 3. The summed E-state index contributed by atoms with van der Waals surface area (Å²) in [5, 5.41) is 9.46. The number of anilines is 2. The minimum absolute atomic E-state index is 0.275. The van der Waals surface area contributed by atoms with E-state index in [9.17, 15) is 19.5 Å². The number of amides is 2. The molecule has 3 N–H and O–H groups in total. The lowest BCUT2D eigenvalue weighted by Crippen LogP contribution is -2.46. The van der Waals surface area contributed by atoms with Gasteiger partial charge in [0.25, 0.3) is 11.8 Å². The zero-order valence-electron chi connectivity index (χ0n) is 21.5. The van der Waals surface area contributed by atoms with Crippen LogP contribution in [0.4, 0.5) is 11.5 Å². The Balaban J connectivity index is 1.56. The van der Waals surface area contributed by atoms with Crippen LogP contribution in [-0.4, -0.2) is 52.5 Å². The fraction of sp³-hybridized carbons (Fsp3) is 0.310. The lowest BCUT2D eigenvalue weighted by molar-refractivity contribution is -0.139. The molecular weight excluding hydrogens is 484 g/mol. The first-order valence-electron chi connectivity index (χ1n) is 12.6. The van der Waals surface area contributed by atoms with Gasteiger partial charge < -0.3 is 25.4 Å². The Bertz CT molecular complexity index is 1310. The number of rotatable bonds is 10. The highest BCUT2D eigenvalue weighted by molar-refractivity contribution is 6.11. The molecule has 0 radical (unpaired) electrons. The molecule has 38 heavy (non-hydrogen) atoms. The van der Waals surface area contributed by atoms with Crippen molar-refractivity contribution in [3.8, 4) is 5.75 Å². The van der Waals surface area contributed by atoms with Crippen LogP contribution in [0.1, 0.15) is 53.7 Å². The number of hydrogen-bond acceptors (Lipinski definition) is 6. The van der Waals surface area contributed by atoms with Crippen LogP contribution in [0.15, 0.2) is 66.9 Å². The van der Waals surface area contributed by atoms with Crippen LogP contribution in [0.3, 0.4) is 0 Å². The average Bonchev–Trinajstić information content (AvgIpc) is 2.98. The van der Waals surface area contributed by atoms with Gasteiger partial charge in [0.2, 0.25) is 0 Å². The second kappa shape index (κ2) is 11.8. The van der Waals surface area contributed by atoms with Gasteiger partial charge in [0.05, 0.1) is 24.3 Å². The number of carbonyl (C=O) groups excluding carboxylic acids is 2. The first kappa shape index (κ1) is 26.7. The van der Waals surface area contributed by atoms with Crippen LogP contribution in [0, 0.1) is 0 Å². The second-order valence-corrected chi connectivity index (χ2v) is 9.41. The molecule has 2 atom stereocenters. The van der Waals surface area contributed by atoms with Crippen molar-refractivity contribution in [2.45, 2.75) is 44.7 Å². The van der Waals surface area contributed by atoms with E-state index in [1.54, 1.807) is 62.6 Å². The molecule has 0 fully saturated rings. The molecule has 3 aromatic rings. The molecule has 0 bridgehead atoms. The maximum Gasteiger partial charge on any atom is 0.305 e. The molecule has 9 nitrogen and oxygen atoms in total. The lowest BCUT2D eigenvalue weighted by atomic mass is 10.00. The number of nitrogens with zero attached hydrogens (tertiary/aromatic N) is 3. The van der Waals surface area contributed by atoms with Crippen molar-refractivity contribution >= 4 is 29.3 Å². The third kappa shape index (κ3) is 5.77. The third-order valence-corrected chi connectivity index (χ3v) is 6.71. The molecule has 2 heterocycles. The molecule has 1 aliphatic heterocycles. The summed E-state index contributed by atoms with van der Waals surface area (Å²) in [5.41, 5.74) is 8.28. The summed E-state index contributed by atoms with van der Waals surface area (Å²) >= 11 is 0. The standard InChI is InChI=1S/C29H32N4O5/c1-19(17-25(34)35)33-26(21-10-4-3-5-11-21)29(37)32(2)23-14-13-20(18-22(23)28(33)36)9-6-7-16-38-24-12-8-15-31-27(24)30/h3-5,8,10-15,18-19,26H,6-7,9,16-17H2,1-2H3,(H2,30,31)(H,34,35). The molecule has 4 rings (SSSR count). The van der Waals surface area contributed by atoms with Gasteiger partial charge in [-0.15, -0.1) is 0 Å². The van der Waals surface area contributed by atoms with Crippen LogP contribution in [0.5, 0.6) is 5.75 Å². The van der Waals surface area contributed by atoms with Crippen molar-refractivity contribution < 1.29 is 24.2 Å². The Kier molecular flexibility index (Phi) is 8.25. The largest absolute Gasteiger partial charge is 0.490 e. The molecule has 2 unspecified atom stereocenters. The summed E-state index contributed by atoms with van der Waals surface area (Å²) < 4.78 is 5.71. The van der Waals surface area contributed by atoms with E-state index in [2.05, 4.69) is 4.98 Å². The number of carboxylic acids is 1. The van der Waals surface area contributed by atoms with E-state index in [1.807, 2.05) is 18.2 Å². The van der Waals surface area contributed by atoms with Crippen LogP contribution < -0.4 is 15.4 Å². The van der Waals surface area contributed by atoms with Gasteiger partial charge in [0.15, 0.2) is 11.6 Å². The Morgan fingerprint density at radius 1 is 1.11 bits per heavy atom. The summed E-state index contributed by atoms with van der Waals surface area (Å²) in [6.07, 6.45) is 3.63. The second-order valence-electron chi connectivity index (χ2n) is 9.41. The van der Waals surface area contributed by atoms with Gasteiger partial charge in [-0.25, -0.2) is 4.98 Å². The molecule has 1 aromatic heterocycles. The number of nitrogens with two attached hydrogens (primary N) is 1. The predicted molar refractivity (Wildman–Crippen MR) is 144 cm³/mol. The monoisotopic (exact) mass is 516 g/mol. The van der Waals surface area contributed by atoms with Gasteiger partial charge in [-0.1, -0.05) is 36.4 Å². The number of likely N-dealkylation sites (N-methyl/N-ethyl adjacent to an activating group) is 1. The number of ether oxygens (including phenoxy) is 1. The van der Waals surface area contributed by atoms with E-state index in [-0.39, 0.29) is 18.2 Å². The first-order valence-corrected chi connectivity index (χ1v) is 12.6. The number of benzene rings is 2.